The van der Waals surface area contributed by atoms with E-state index < -0.39 is 53.0 Å². The lowest BCUT2D eigenvalue weighted by molar-refractivity contribution is -0.204. The minimum atomic E-state index is -1.40. The van der Waals surface area contributed by atoms with E-state index in [1.807, 2.05) is 0 Å². The van der Waals surface area contributed by atoms with Crippen LogP contribution >= 0.6 is 23.4 Å². The number of alkyl carbamates (subject to hydrolysis) is 1. The van der Waals surface area contributed by atoms with Crippen molar-refractivity contribution in [1.29, 1.82) is 0 Å². The van der Waals surface area contributed by atoms with Crippen molar-refractivity contribution in [3.8, 4) is 0 Å². The van der Waals surface area contributed by atoms with Crippen LogP contribution in [0.4, 0.5) is 4.79 Å². The maximum atomic E-state index is 12.0. The summed E-state index contributed by atoms with van der Waals surface area (Å²) in [6, 6.07) is -0.807. The predicted octanol–water partition coefficient (Wildman–Crippen LogP) is 0.678. The van der Waals surface area contributed by atoms with E-state index in [0.717, 1.165) is 0 Å². The lowest BCUT2D eigenvalue weighted by atomic mass is 9.93. The molecule has 1 heterocycles. The van der Waals surface area contributed by atoms with Gasteiger partial charge in [-0.05, 0) is 34.0 Å². The summed E-state index contributed by atoms with van der Waals surface area (Å²) >= 11 is 7.31. The summed E-state index contributed by atoms with van der Waals surface area (Å²) in [6.45, 7) is 6.80. The highest BCUT2D eigenvalue weighted by Gasteiger charge is 2.48. The number of rotatable bonds is 4. The highest BCUT2D eigenvalue weighted by molar-refractivity contribution is 7.99. The number of halogens is 1. The van der Waals surface area contributed by atoms with Crippen LogP contribution in [0, 0.1) is 0 Å². The van der Waals surface area contributed by atoms with Gasteiger partial charge in [-0.1, -0.05) is 0 Å². The Kier molecular flexibility index (Phi) is 7.43. The first-order chi connectivity index (χ1) is 10.5. The first-order valence-electron chi connectivity index (χ1n) is 7.34. The second kappa shape index (κ2) is 8.22. The average Bonchev–Trinajstić information content (AvgIpc) is 2.41. The predicted molar refractivity (Wildman–Crippen MR) is 88.7 cm³/mol. The van der Waals surface area contributed by atoms with E-state index >= 15 is 0 Å². The van der Waals surface area contributed by atoms with Gasteiger partial charge < -0.3 is 30.1 Å². The average molecular weight is 372 g/mol. The van der Waals surface area contributed by atoms with Crippen LogP contribution in [-0.2, 0) is 9.47 Å². The molecule has 0 bridgehead atoms. The van der Waals surface area contributed by atoms with Gasteiger partial charge in [-0.2, -0.15) is 0 Å². The maximum Gasteiger partial charge on any atom is 0.408 e. The SMILES string of the molecule is CSC1OC(C(NC(=O)OC(C)(C)C)C(C)Cl)C(O)C(O)C1O. The summed E-state index contributed by atoms with van der Waals surface area (Å²) < 4.78 is 10.8. The van der Waals surface area contributed by atoms with Crippen molar-refractivity contribution in [3.63, 3.8) is 0 Å². The fourth-order valence-corrected chi connectivity index (χ4v) is 3.15. The molecule has 4 N–H and O–H groups in total. The second-order valence-corrected chi connectivity index (χ2v) is 8.15. The smallest absolute Gasteiger partial charge is 0.408 e. The number of aliphatic hydroxyl groups excluding tert-OH is 3. The van der Waals surface area contributed by atoms with E-state index in [-0.39, 0.29) is 0 Å². The van der Waals surface area contributed by atoms with Gasteiger partial charge in [-0.15, -0.1) is 23.4 Å². The van der Waals surface area contributed by atoms with Crippen LogP contribution in [0.25, 0.3) is 0 Å². The van der Waals surface area contributed by atoms with Gasteiger partial charge in [0.2, 0.25) is 0 Å². The van der Waals surface area contributed by atoms with Crippen molar-refractivity contribution in [1.82, 2.24) is 5.32 Å². The van der Waals surface area contributed by atoms with E-state index in [1.165, 1.54) is 11.8 Å². The molecule has 7 nitrogen and oxygen atoms in total. The van der Waals surface area contributed by atoms with Crippen molar-refractivity contribution >= 4 is 29.5 Å². The molecule has 1 aliphatic rings. The molecule has 1 fully saturated rings. The largest absolute Gasteiger partial charge is 0.444 e. The summed E-state index contributed by atoms with van der Waals surface area (Å²) in [4.78, 5) is 12.0. The van der Waals surface area contributed by atoms with Crippen molar-refractivity contribution in [2.24, 2.45) is 0 Å². The number of aliphatic hydroxyl groups is 3. The number of carbonyl (C=O) groups is 1. The number of amides is 1. The van der Waals surface area contributed by atoms with Crippen LogP contribution in [0.3, 0.4) is 0 Å². The van der Waals surface area contributed by atoms with E-state index in [2.05, 4.69) is 5.32 Å². The number of hydrogen-bond donors (Lipinski definition) is 4. The Morgan fingerprint density at radius 3 is 2.26 bits per heavy atom. The molecule has 0 saturated carbocycles. The minimum Gasteiger partial charge on any atom is -0.444 e. The van der Waals surface area contributed by atoms with Crippen LogP contribution in [0.1, 0.15) is 27.7 Å². The van der Waals surface area contributed by atoms with E-state index in [1.54, 1.807) is 34.0 Å². The van der Waals surface area contributed by atoms with Crippen molar-refractivity contribution in [3.05, 3.63) is 0 Å². The molecule has 23 heavy (non-hydrogen) atoms. The van der Waals surface area contributed by atoms with Gasteiger partial charge in [0, 0.05) is 0 Å². The third kappa shape index (κ3) is 5.65. The number of carbonyl (C=O) groups excluding carboxylic acids is 1. The Hall–Kier alpha value is -0.250. The van der Waals surface area contributed by atoms with E-state index in [9.17, 15) is 20.1 Å². The quantitative estimate of drug-likeness (QED) is 0.538. The normalized spacial score (nSPS) is 34.6. The molecule has 1 aliphatic heterocycles. The molecule has 1 rings (SSSR count). The molecule has 1 saturated heterocycles. The number of hydrogen-bond acceptors (Lipinski definition) is 7. The molecule has 136 valence electrons. The van der Waals surface area contributed by atoms with Gasteiger partial charge in [0.15, 0.2) is 0 Å². The fraction of sp³-hybridized carbons (Fsp3) is 0.929. The van der Waals surface area contributed by atoms with Gasteiger partial charge in [-0.25, -0.2) is 4.79 Å². The lowest BCUT2D eigenvalue weighted by Crippen LogP contribution is -2.64. The van der Waals surface area contributed by atoms with Crippen LogP contribution < -0.4 is 5.32 Å². The van der Waals surface area contributed by atoms with Gasteiger partial charge in [-0.3, -0.25) is 0 Å². The molecule has 7 atom stereocenters. The number of ether oxygens (including phenoxy) is 2. The molecule has 1 amide bonds. The van der Waals surface area contributed by atoms with Gasteiger partial charge in [0.25, 0.3) is 0 Å². The molecule has 0 spiro atoms. The van der Waals surface area contributed by atoms with Crippen LogP contribution in [0.2, 0.25) is 0 Å². The topological polar surface area (TPSA) is 108 Å². The Labute approximate surface area is 145 Å². The van der Waals surface area contributed by atoms with Crippen molar-refractivity contribution in [2.75, 3.05) is 6.26 Å². The molecule has 0 aliphatic carbocycles. The summed E-state index contributed by atoms with van der Waals surface area (Å²) in [5.41, 5.74) is -1.43. The highest BCUT2D eigenvalue weighted by Crippen LogP contribution is 2.30. The highest BCUT2D eigenvalue weighted by atomic mass is 35.5. The van der Waals surface area contributed by atoms with Crippen molar-refractivity contribution < 1.29 is 29.6 Å². The number of alkyl halides is 1. The van der Waals surface area contributed by atoms with E-state index in [0.29, 0.717) is 0 Å². The Bertz CT molecular complexity index is 403. The standard InChI is InChI=1S/C14H26ClNO6S/c1-6(15)7(16-13(20)22-14(2,3)4)11-9(18)8(17)10(19)12(21-11)23-5/h6-12,17-19H,1-5H3,(H,16,20). The Balaban J connectivity index is 2.89. The number of thioether (sulfide) groups is 1. The molecule has 0 radical (unpaired) electrons. The van der Waals surface area contributed by atoms with E-state index in [4.69, 9.17) is 21.1 Å². The molecular formula is C14H26ClNO6S. The Morgan fingerprint density at radius 1 is 1.26 bits per heavy atom. The summed E-state index contributed by atoms with van der Waals surface area (Å²) in [7, 11) is 0. The zero-order valence-corrected chi connectivity index (χ0v) is 15.5. The van der Waals surface area contributed by atoms with Gasteiger partial charge in [0.1, 0.15) is 35.5 Å². The third-order valence-electron chi connectivity index (χ3n) is 3.37. The molecule has 0 aromatic carbocycles. The number of nitrogens with one attached hydrogen (secondary N) is 1. The van der Waals surface area contributed by atoms with Gasteiger partial charge >= 0.3 is 6.09 Å². The summed E-state index contributed by atoms with van der Waals surface area (Å²) in [6.07, 6.45) is -4.00. The van der Waals surface area contributed by atoms with Crippen LogP contribution in [0.15, 0.2) is 0 Å². The zero-order chi connectivity index (χ0) is 17.9. The summed E-state index contributed by atoms with van der Waals surface area (Å²) in [5.74, 6) is 0. The monoisotopic (exact) mass is 371 g/mol. The van der Waals surface area contributed by atoms with Crippen LogP contribution in [-0.4, -0.2) is 74.5 Å². The molecule has 7 unspecified atom stereocenters. The first kappa shape index (κ1) is 20.8. The molecule has 9 heteroatoms. The minimum absolute atomic E-state index is 0.605. The fourth-order valence-electron chi connectivity index (χ4n) is 2.27. The Morgan fingerprint density at radius 2 is 1.83 bits per heavy atom. The zero-order valence-electron chi connectivity index (χ0n) is 13.9. The second-order valence-electron chi connectivity index (χ2n) is 6.53. The lowest BCUT2D eigenvalue weighted by Gasteiger charge is -2.43. The third-order valence-corrected chi connectivity index (χ3v) is 4.50. The maximum absolute atomic E-state index is 12.0. The molecular weight excluding hydrogens is 346 g/mol. The van der Waals surface area contributed by atoms with Crippen LogP contribution in [0.5, 0.6) is 0 Å². The molecule has 0 aromatic rings. The molecule has 0 aromatic heterocycles. The van der Waals surface area contributed by atoms with Gasteiger partial charge in [0.05, 0.1) is 11.4 Å². The summed E-state index contributed by atoms with van der Waals surface area (Å²) in [5, 5.41) is 32.0. The van der Waals surface area contributed by atoms with Crippen molar-refractivity contribution in [2.45, 2.75) is 74.6 Å². The first-order valence-corrected chi connectivity index (χ1v) is 9.06.